The lowest BCUT2D eigenvalue weighted by atomic mass is 9.90. The van der Waals surface area contributed by atoms with Crippen LogP contribution in [-0.2, 0) is 4.74 Å². The molecule has 0 saturated carbocycles. The van der Waals surface area contributed by atoms with Crippen molar-refractivity contribution in [3.05, 3.63) is 17.5 Å². The van der Waals surface area contributed by atoms with Gasteiger partial charge in [0.2, 0.25) is 0 Å². The number of thioether (sulfide) groups is 1. The number of ether oxygens (including phenoxy) is 1. The Balaban J connectivity index is 2.12. The van der Waals surface area contributed by atoms with Gasteiger partial charge in [-0.1, -0.05) is 27.7 Å². The first kappa shape index (κ1) is 20.2. The van der Waals surface area contributed by atoms with E-state index in [0.717, 1.165) is 18.5 Å². The molecule has 138 valence electrons. The molecule has 2 rings (SSSR count). The van der Waals surface area contributed by atoms with E-state index in [0.29, 0.717) is 23.8 Å². The van der Waals surface area contributed by atoms with Crippen molar-refractivity contribution < 1.29 is 14.3 Å². The highest BCUT2D eigenvalue weighted by Gasteiger charge is 2.30. The van der Waals surface area contributed by atoms with Crippen LogP contribution in [-0.4, -0.2) is 57.0 Å². The Hall–Kier alpha value is -1.15. The summed E-state index contributed by atoms with van der Waals surface area (Å²) in [7, 11) is 0. The van der Waals surface area contributed by atoms with Crippen LogP contribution in [0, 0.1) is 0 Å². The van der Waals surface area contributed by atoms with Gasteiger partial charge in [0.15, 0.2) is 10.9 Å². The molecule has 1 aliphatic rings. The number of hydrogen-bond acceptors (Lipinski definition) is 6. The van der Waals surface area contributed by atoms with Gasteiger partial charge < -0.3 is 9.64 Å². The first-order chi connectivity index (χ1) is 11.7. The number of carbonyl (C=O) groups is 2. The van der Waals surface area contributed by atoms with Crippen LogP contribution in [0.15, 0.2) is 11.4 Å². The average Bonchev–Trinajstić information content (AvgIpc) is 2.59. The van der Waals surface area contributed by atoms with Crippen molar-refractivity contribution >= 4 is 39.6 Å². The normalized spacial score (nSPS) is 16.0. The third-order valence-corrected chi connectivity index (χ3v) is 5.00. The number of piperidine rings is 1. The molecule has 1 aromatic rings. The van der Waals surface area contributed by atoms with Crippen LogP contribution < -0.4 is 0 Å². The lowest BCUT2D eigenvalue weighted by Crippen LogP contribution is -2.41. The third-order valence-electron chi connectivity index (χ3n) is 3.93. The molecule has 1 saturated heterocycles. The first-order valence-corrected chi connectivity index (χ1v) is 10.6. The molecule has 1 aromatic heterocycles. The molecule has 2 heterocycles. The summed E-state index contributed by atoms with van der Waals surface area (Å²) in [5.41, 5.74) is 0.876. The summed E-state index contributed by atoms with van der Waals surface area (Å²) in [6.45, 7) is 6.78. The van der Waals surface area contributed by atoms with Gasteiger partial charge in [0, 0.05) is 25.2 Å². The van der Waals surface area contributed by atoms with Crippen LogP contribution in [0.25, 0.3) is 0 Å². The minimum absolute atomic E-state index is 0.0165. The zero-order chi connectivity index (χ0) is 18.6. The number of hydrogen-bond donors (Lipinski definition) is 0. The number of nitrogens with zero attached hydrogens (tertiary/aromatic N) is 3. The molecular weight excluding hydrogens is 406 g/mol. The predicted molar refractivity (Wildman–Crippen MR) is 102 cm³/mol. The summed E-state index contributed by atoms with van der Waals surface area (Å²) in [6, 6.07) is 0. The zero-order valence-electron chi connectivity index (χ0n) is 15.0. The lowest BCUT2D eigenvalue weighted by molar-refractivity contribution is 0.0203. The molecule has 1 amide bonds. The number of ketones is 1. The standard InChI is InChI=1S/C17H24BrN3O3S/c1-17(2,3)24-16(23)21-7-5-11(6-8-21)14-12(13(22)9-18)10-19-15(20-14)25-4/h10-11H,5-9H2,1-4H3. The van der Waals surface area contributed by atoms with Crippen LogP contribution in [0.5, 0.6) is 0 Å². The van der Waals surface area contributed by atoms with Crippen LogP contribution >= 0.6 is 27.7 Å². The van der Waals surface area contributed by atoms with Gasteiger partial charge in [0.05, 0.1) is 16.6 Å². The number of Topliss-reactive ketones (excluding diaryl/α,β-unsaturated/α-hetero) is 1. The van der Waals surface area contributed by atoms with Crippen molar-refractivity contribution in [1.82, 2.24) is 14.9 Å². The molecule has 0 atom stereocenters. The molecule has 0 aromatic carbocycles. The van der Waals surface area contributed by atoms with Crippen molar-refractivity contribution in [3.8, 4) is 0 Å². The number of rotatable bonds is 4. The van der Waals surface area contributed by atoms with Crippen molar-refractivity contribution in [2.45, 2.75) is 50.3 Å². The van der Waals surface area contributed by atoms with Gasteiger partial charge in [0.25, 0.3) is 0 Å². The molecule has 0 unspecified atom stereocenters. The molecule has 0 radical (unpaired) electrons. The molecule has 6 nitrogen and oxygen atoms in total. The highest BCUT2D eigenvalue weighted by molar-refractivity contribution is 9.09. The van der Waals surface area contributed by atoms with E-state index in [4.69, 9.17) is 4.74 Å². The molecular formula is C17H24BrN3O3S. The third kappa shape index (κ3) is 5.41. The quantitative estimate of drug-likeness (QED) is 0.312. The number of alkyl halides is 1. The summed E-state index contributed by atoms with van der Waals surface area (Å²) in [5, 5.41) is 0.911. The maximum absolute atomic E-state index is 12.2. The fraction of sp³-hybridized carbons (Fsp3) is 0.647. The fourth-order valence-electron chi connectivity index (χ4n) is 2.74. The molecule has 0 N–H and O–H groups in total. The minimum Gasteiger partial charge on any atom is -0.444 e. The van der Waals surface area contributed by atoms with Gasteiger partial charge in [0.1, 0.15) is 5.60 Å². The molecule has 0 spiro atoms. The monoisotopic (exact) mass is 429 g/mol. The van der Waals surface area contributed by atoms with Crippen LogP contribution in [0.4, 0.5) is 4.79 Å². The predicted octanol–water partition coefficient (Wildman–Crippen LogP) is 3.89. The Bertz CT molecular complexity index is 641. The Labute approximate surface area is 161 Å². The van der Waals surface area contributed by atoms with Crippen molar-refractivity contribution in [2.75, 3.05) is 24.7 Å². The van der Waals surface area contributed by atoms with E-state index in [1.54, 1.807) is 11.1 Å². The van der Waals surface area contributed by atoms with Crippen molar-refractivity contribution in [2.24, 2.45) is 0 Å². The largest absolute Gasteiger partial charge is 0.444 e. The average molecular weight is 430 g/mol. The van der Waals surface area contributed by atoms with E-state index in [-0.39, 0.29) is 23.1 Å². The molecule has 0 aliphatic carbocycles. The Morgan fingerprint density at radius 1 is 1.36 bits per heavy atom. The number of aromatic nitrogens is 2. The summed E-state index contributed by atoms with van der Waals surface area (Å²) in [4.78, 5) is 34.9. The number of halogens is 1. The maximum atomic E-state index is 12.2. The van der Waals surface area contributed by atoms with Gasteiger partial charge in [-0.05, 0) is 39.9 Å². The Kier molecular flexibility index (Phi) is 6.85. The lowest BCUT2D eigenvalue weighted by Gasteiger charge is -2.33. The molecule has 1 fully saturated rings. The van der Waals surface area contributed by atoms with E-state index in [1.807, 2.05) is 27.0 Å². The van der Waals surface area contributed by atoms with E-state index < -0.39 is 5.60 Å². The highest BCUT2D eigenvalue weighted by Crippen LogP contribution is 2.31. The maximum Gasteiger partial charge on any atom is 0.410 e. The highest BCUT2D eigenvalue weighted by atomic mass is 79.9. The van der Waals surface area contributed by atoms with E-state index >= 15 is 0 Å². The number of amides is 1. The van der Waals surface area contributed by atoms with Gasteiger partial charge >= 0.3 is 6.09 Å². The smallest absolute Gasteiger partial charge is 0.410 e. The second-order valence-electron chi connectivity index (χ2n) is 6.95. The topological polar surface area (TPSA) is 72.4 Å². The summed E-state index contributed by atoms with van der Waals surface area (Å²) in [6.07, 6.45) is 4.77. The first-order valence-electron chi connectivity index (χ1n) is 8.23. The van der Waals surface area contributed by atoms with E-state index in [9.17, 15) is 9.59 Å². The Morgan fingerprint density at radius 3 is 2.52 bits per heavy atom. The molecule has 8 heteroatoms. The van der Waals surface area contributed by atoms with E-state index in [1.165, 1.54) is 11.8 Å². The number of likely N-dealkylation sites (tertiary alicyclic amines) is 1. The molecule has 25 heavy (non-hydrogen) atoms. The van der Waals surface area contributed by atoms with Crippen LogP contribution in [0.3, 0.4) is 0 Å². The van der Waals surface area contributed by atoms with Gasteiger partial charge in [-0.3, -0.25) is 4.79 Å². The summed E-state index contributed by atoms with van der Waals surface area (Å²) in [5.74, 6) is 0.128. The van der Waals surface area contributed by atoms with Gasteiger partial charge in [-0.25, -0.2) is 14.8 Å². The Morgan fingerprint density at radius 2 is 2.00 bits per heavy atom. The van der Waals surface area contributed by atoms with Gasteiger partial charge in [-0.15, -0.1) is 0 Å². The van der Waals surface area contributed by atoms with E-state index in [2.05, 4.69) is 25.9 Å². The van der Waals surface area contributed by atoms with Crippen molar-refractivity contribution in [3.63, 3.8) is 0 Å². The zero-order valence-corrected chi connectivity index (χ0v) is 17.4. The van der Waals surface area contributed by atoms with Crippen molar-refractivity contribution in [1.29, 1.82) is 0 Å². The SMILES string of the molecule is CSc1ncc(C(=O)CBr)c(C2CCN(C(=O)OC(C)(C)C)CC2)n1. The molecule has 0 bridgehead atoms. The van der Waals surface area contributed by atoms with Gasteiger partial charge in [-0.2, -0.15) is 0 Å². The van der Waals surface area contributed by atoms with Crippen LogP contribution in [0.2, 0.25) is 0 Å². The second-order valence-corrected chi connectivity index (χ2v) is 8.29. The fourth-order valence-corrected chi connectivity index (χ4v) is 3.39. The second kappa shape index (κ2) is 8.49. The number of carbonyl (C=O) groups excluding carboxylic acids is 2. The summed E-state index contributed by atoms with van der Waals surface area (Å²) >= 11 is 4.68. The van der Waals surface area contributed by atoms with Crippen LogP contribution in [0.1, 0.15) is 55.6 Å². The minimum atomic E-state index is -0.497. The summed E-state index contributed by atoms with van der Waals surface area (Å²) < 4.78 is 5.43. The molecule has 1 aliphatic heterocycles.